The fraction of sp³-hybridized carbons (Fsp3) is 0.214. The zero-order valence-corrected chi connectivity index (χ0v) is 12.0. The second-order valence-electron chi connectivity index (χ2n) is 4.24. The zero-order valence-electron chi connectivity index (χ0n) is 10.5. The second-order valence-corrected chi connectivity index (χ2v) is 5.06. The van der Waals surface area contributed by atoms with Gasteiger partial charge in [0, 0.05) is 30.2 Å². The average molecular weight is 281 g/mol. The summed E-state index contributed by atoms with van der Waals surface area (Å²) in [7, 11) is 2.04. The van der Waals surface area contributed by atoms with E-state index in [4.69, 9.17) is 23.2 Å². The summed E-state index contributed by atoms with van der Waals surface area (Å²) in [6, 6.07) is 7.46. The fourth-order valence-electron chi connectivity index (χ4n) is 1.72. The summed E-state index contributed by atoms with van der Waals surface area (Å²) >= 11 is 11.8. The van der Waals surface area contributed by atoms with Gasteiger partial charge in [-0.2, -0.15) is 0 Å². The van der Waals surface area contributed by atoms with Crippen molar-refractivity contribution in [1.29, 1.82) is 0 Å². The molecule has 0 atom stereocenters. The predicted molar refractivity (Wildman–Crippen MR) is 78.6 cm³/mol. The number of aromatic nitrogens is 1. The second kappa shape index (κ2) is 5.17. The van der Waals surface area contributed by atoms with Crippen molar-refractivity contribution in [3.8, 4) is 0 Å². The first-order chi connectivity index (χ1) is 8.49. The molecule has 1 heterocycles. The molecule has 0 bridgehead atoms. The van der Waals surface area contributed by atoms with Crippen molar-refractivity contribution in [3.05, 3.63) is 51.3 Å². The number of benzene rings is 1. The van der Waals surface area contributed by atoms with Crippen LogP contribution >= 0.6 is 23.2 Å². The quantitative estimate of drug-likeness (QED) is 0.710. The van der Waals surface area contributed by atoms with Crippen LogP contribution < -0.4 is 0 Å². The molecular formula is C14H14Cl2N2. The van der Waals surface area contributed by atoms with E-state index in [0.717, 1.165) is 11.3 Å². The van der Waals surface area contributed by atoms with Crippen LogP contribution in [0.4, 0.5) is 5.69 Å². The Morgan fingerprint density at radius 2 is 1.83 bits per heavy atom. The predicted octanol–water partition coefficient (Wildman–Crippen LogP) is 4.70. The van der Waals surface area contributed by atoms with Crippen molar-refractivity contribution in [1.82, 2.24) is 4.57 Å². The van der Waals surface area contributed by atoms with E-state index in [1.165, 1.54) is 11.4 Å². The first-order valence-electron chi connectivity index (χ1n) is 5.61. The van der Waals surface area contributed by atoms with Gasteiger partial charge in [-0.1, -0.05) is 23.2 Å². The molecule has 2 nitrogen and oxygen atoms in total. The molecule has 2 aromatic rings. The number of nitrogens with zero attached hydrogens (tertiary/aromatic N) is 2. The van der Waals surface area contributed by atoms with Crippen LogP contribution in [0.25, 0.3) is 0 Å². The van der Waals surface area contributed by atoms with Crippen LogP contribution in [0.2, 0.25) is 10.0 Å². The summed E-state index contributed by atoms with van der Waals surface area (Å²) in [6.07, 6.45) is 1.85. The Morgan fingerprint density at radius 1 is 1.11 bits per heavy atom. The van der Waals surface area contributed by atoms with E-state index in [9.17, 15) is 0 Å². The minimum absolute atomic E-state index is 0.521. The third kappa shape index (κ3) is 2.60. The van der Waals surface area contributed by atoms with Gasteiger partial charge in [-0.3, -0.25) is 4.99 Å². The lowest BCUT2D eigenvalue weighted by molar-refractivity contribution is 0.843. The van der Waals surface area contributed by atoms with Crippen LogP contribution in [0.1, 0.15) is 17.0 Å². The third-order valence-corrected chi connectivity index (χ3v) is 3.81. The summed E-state index contributed by atoms with van der Waals surface area (Å²) in [5, 5.41) is 1.06. The molecule has 0 amide bonds. The average Bonchev–Trinajstić information content (AvgIpc) is 2.58. The molecule has 1 aromatic carbocycles. The molecule has 2 rings (SSSR count). The molecule has 18 heavy (non-hydrogen) atoms. The maximum Gasteiger partial charge on any atom is 0.0645 e. The number of aryl methyl sites for hydroxylation is 1. The molecule has 0 N–H and O–H groups in total. The maximum atomic E-state index is 5.95. The molecule has 4 heteroatoms. The first kappa shape index (κ1) is 13.2. The van der Waals surface area contributed by atoms with E-state index < -0.39 is 0 Å². The lowest BCUT2D eigenvalue weighted by atomic mass is 10.2. The fourth-order valence-corrected chi connectivity index (χ4v) is 2.02. The summed E-state index contributed by atoms with van der Waals surface area (Å²) in [4.78, 5) is 4.41. The van der Waals surface area contributed by atoms with Crippen LogP contribution in [0.15, 0.2) is 29.3 Å². The number of hydrogen-bond donors (Lipinski definition) is 0. The molecule has 94 valence electrons. The van der Waals surface area contributed by atoms with Gasteiger partial charge in [0.2, 0.25) is 0 Å². The Bertz CT molecular complexity index is 612. The normalized spacial score (nSPS) is 11.4. The van der Waals surface area contributed by atoms with Crippen molar-refractivity contribution < 1.29 is 0 Å². The minimum atomic E-state index is 0.521. The topological polar surface area (TPSA) is 17.3 Å². The highest BCUT2D eigenvalue weighted by Gasteiger charge is 2.03. The Morgan fingerprint density at radius 3 is 2.39 bits per heavy atom. The van der Waals surface area contributed by atoms with Crippen molar-refractivity contribution >= 4 is 35.1 Å². The Kier molecular flexibility index (Phi) is 3.79. The van der Waals surface area contributed by atoms with Crippen molar-refractivity contribution in [2.45, 2.75) is 13.8 Å². The third-order valence-electron chi connectivity index (χ3n) is 3.07. The van der Waals surface area contributed by atoms with Crippen molar-refractivity contribution in [2.24, 2.45) is 12.0 Å². The lowest BCUT2D eigenvalue weighted by Crippen LogP contribution is -1.93. The molecule has 0 saturated carbocycles. The maximum absolute atomic E-state index is 5.95. The summed E-state index contributed by atoms with van der Waals surface area (Å²) in [5.41, 5.74) is 4.31. The van der Waals surface area contributed by atoms with Gasteiger partial charge < -0.3 is 4.57 Å². The minimum Gasteiger partial charge on any atom is -0.352 e. The van der Waals surface area contributed by atoms with Gasteiger partial charge in [0.05, 0.1) is 15.7 Å². The van der Waals surface area contributed by atoms with E-state index in [-0.39, 0.29) is 0 Å². The molecule has 0 aliphatic carbocycles. The molecule has 0 spiro atoms. The number of halogens is 2. The Labute approximate surface area is 117 Å². The van der Waals surface area contributed by atoms with Crippen molar-refractivity contribution in [3.63, 3.8) is 0 Å². The van der Waals surface area contributed by atoms with E-state index in [1.54, 1.807) is 12.1 Å². The molecule has 0 fully saturated rings. The first-order valence-corrected chi connectivity index (χ1v) is 6.36. The van der Waals surface area contributed by atoms with Gasteiger partial charge in [-0.15, -0.1) is 0 Å². The highest BCUT2D eigenvalue weighted by molar-refractivity contribution is 6.42. The standard InChI is InChI=1S/C14H14Cl2N2/c1-9-6-11(10(2)18(9)3)8-17-12-4-5-13(15)14(16)7-12/h4-8H,1-3H3. The number of rotatable bonds is 2. The van der Waals surface area contributed by atoms with Gasteiger partial charge in [0.25, 0.3) is 0 Å². The van der Waals surface area contributed by atoms with Gasteiger partial charge in [-0.25, -0.2) is 0 Å². The number of aliphatic imine (C=N–C) groups is 1. The molecular weight excluding hydrogens is 267 g/mol. The zero-order chi connectivity index (χ0) is 13.3. The smallest absolute Gasteiger partial charge is 0.0645 e. The van der Waals surface area contributed by atoms with E-state index in [2.05, 4.69) is 29.5 Å². The van der Waals surface area contributed by atoms with E-state index in [0.29, 0.717) is 10.0 Å². The van der Waals surface area contributed by atoms with E-state index in [1.807, 2.05) is 19.3 Å². The number of hydrogen-bond acceptors (Lipinski definition) is 1. The molecule has 0 saturated heterocycles. The largest absolute Gasteiger partial charge is 0.352 e. The van der Waals surface area contributed by atoms with Crippen LogP contribution in [0, 0.1) is 13.8 Å². The van der Waals surface area contributed by atoms with Crippen LogP contribution in [-0.2, 0) is 7.05 Å². The Balaban J connectivity index is 2.30. The SMILES string of the molecule is Cc1cc(C=Nc2ccc(Cl)c(Cl)c2)c(C)n1C. The molecule has 0 aliphatic rings. The van der Waals surface area contributed by atoms with Crippen LogP contribution in [-0.4, -0.2) is 10.8 Å². The van der Waals surface area contributed by atoms with Crippen LogP contribution in [0.3, 0.4) is 0 Å². The van der Waals surface area contributed by atoms with Crippen molar-refractivity contribution in [2.75, 3.05) is 0 Å². The van der Waals surface area contributed by atoms with Gasteiger partial charge in [0.15, 0.2) is 0 Å². The molecule has 1 aromatic heterocycles. The molecule has 0 aliphatic heterocycles. The van der Waals surface area contributed by atoms with Crippen LogP contribution in [0.5, 0.6) is 0 Å². The molecule has 0 radical (unpaired) electrons. The highest BCUT2D eigenvalue weighted by atomic mass is 35.5. The molecule has 0 unspecified atom stereocenters. The monoisotopic (exact) mass is 280 g/mol. The highest BCUT2D eigenvalue weighted by Crippen LogP contribution is 2.26. The lowest BCUT2D eigenvalue weighted by Gasteiger charge is -1.99. The van der Waals surface area contributed by atoms with Gasteiger partial charge in [0.1, 0.15) is 0 Å². The van der Waals surface area contributed by atoms with Gasteiger partial charge >= 0.3 is 0 Å². The summed E-state index contributed by atoms with van der Waals surface area (Å²) in [5.74, 6) is 0. The van der Waals surface area contributed by atoms with Gasteiger partial charge in [-0.05, 0) is 38.1 Å². The summed E-state index contributed by atoms with van der Waals surface area (Å²) < 4.78 is 2.14. The Hall–Kier alpha value is -1.25. The summed E-state index contributed by atoms with van der Waals surface area (Å²) in [6.45, 7) is 4.15. The van der Waals surface area contributed by atoms with E-state index >= 15 is 0 Å².